The minimum Gasteiger partial charge on any atom is -0.444 e. The van der Waals surface area contributed by atoms with Crippen LogP contribution in [0.4, 0.5) is 22.8 Å². The molecule has 230 valence electrons. The Morgan fingerprint density at radius 1 is 1.05 bits per heavy atom. The summed E-state index contributed by atoms with van der Waals surface area (Å²) in [4.78, 5) is 43.9. The lowest BCUT2D eigenvalue weighted by Crippen LogP contribution is -2.47. The third kappa shape index (κ3) is 8.39. The second kappa shape index (κ2) is 13.9. The predicted molar refractivity (Wildman–Crippen MR) is 152 cm³/mol. The lowest BCUT2D eigenvalue weighted by Gasteiger charge is -2.34. The van der Waals surface area contributed by atoms with E-state index in [-0.39, 0.29) is 42.8 Å². The highest BCUT2D eigenvalue weighted by Crippen LogP contribution is 2.33. The van der Waals surface area contributed by atoms with E-state index in [0.29, 0.717) is 25.9 Å². The summed E-state index contributed by atoms with van der Waals surface area (Å²) in [6.07, 6.45) is 1.71. The third-order valence-electron chi connectivity index (χ3n) is 7.36. The molecule has 1 aromatic rings. The fraction of sp³-hybridized carbons (Fsp3) is 0.516. The van der Waals surface area contributed by atoms with E-state index >= 15 is 0 Å². The molecule has 2 aliphatic heterocycles. The van der Waals surface area contributed by atoms with Crippen molar-refractivity contribution >= 4 is 18.1 Å². The molecule has 1 aromatic carbocycles. The second-order valence-electron chi connectivity index (χ2n) is 11.5. The number of nitrogens with zero attached hydrogens (tertiary/aromatic N) is 3. The predicted octanol–water partition coefficient (Wildman–Crippen LogP) is 6.40. The minimum absolute atomic E-state index is 0.128. The summed E-state index contributed by atoms with van der Waals surface area (Å²) >= 11 is 0. The maximum absolute atomic E-state index is 14.4. The van der Waals surface area contributed by atoms with Crippen molar-refractivity contribution < 1.29 is 37.0 Å². The topological polar surface area (TPSA) is 79.4 Å². The number of rotatable bonds is 7. The van der Waals surface area contributed by atoms with Crippen LogP contribution in [0.3, 0.4) is 0 Å². The first kappa shape index (κ1) is 32.8. The molecule has 0 bridgehead atoms. The van der Waals surface area contributed by atoms with E-state index in [0.717, 1.165) is 24.3 Å². The number of likely N-dealkylation sites (N-methyl/N-ethyl adjacent to an activating group) is 1. The van der Waals surface area contributed by atoms with Crippen molar-refractivity contribution in [3.8, 4) is 5.75 Å². The number of hydrogen-bond acceptors (Lipinski definition) is 5. The molecule has 0 saturated carbocycles. The van der Waals surface area contributed by atoms with E-state index in [4.69, 9.17) is 9.47 Å². The lowest BCUT2D eigenvalue weighted by molar-refractivity contribution is -0.136. The number of hydrogen-bond donors (Lipinski definition) is 0. The summed E-state index contributed by atoms with van der Waals surface area (Å²) in [5.74, 6) is -3.60. The molecule has 2 saturated heterocycles. The average Bonchev–Trinajstić information content (AvgIpc) is 3.38. The summed E-state index contributed by atoms with van der Waals surface area (Å²) in [6, 6.07) is 4.33. The average molecular weight is 592 g/mol. The van der Waals surface area contributed by atoms with Gasteiger partial charge in [0.15, 0.2) is 11.7 Å². The Kier molecular flexibility index (Phi) is 10.9. The fourth-order valence-electron chi connectivity index (χ4n) is 5.18. The SMILES string of the molecule is C=C(C=C(F)C(F)=CC)C1CN(C(=O)C2CCN(C(=O)OC(C)(C)C)CC2)CC1N(CC)C(=O)Oc1ccc(F)cc1. The van der Waals surface area contributed by atoms with Gasteiger partial charge in [0.05, 0.1) is 6.04 Å². The van der Waals surface area contributed by atoms with Gasteiger partial charge in [0.25, 0.3) is 0 Å². The van der Waals surface area contributed by atoms with Crippen LogP contribution in [0.15, 0.2) is 60.2 Å². The van der Waals surface area contributed by atoms with Crippen molar-refractivity contribution in [2.24, 2.45) is 11.8 Å². The quantitative estimate of drug-likeness (QED) is 0.343. The molecule has 11 heteroatoms. The summed E-state index contributed by atoms with van der Waals surface area (Å²) in [5.41, 5.74) is -0.407. The number of halogens is 3. The number of likely N-dealkylation sites (tertiary alicyclic amines) is 2. The Morgan fingerprint density at radius 2 is 1.67 bits per heavy atom. The van der Waals surface area contributed by atoms with Crippen molar-refractivity contribution in [1.29, 1.82) is 0 Å². The monoisotopic (exact) mass is 591 g/mol. The van der Waals surface area contributed by atoms with Gasteiger partial charge in [-0.2, -0.15) is 0 Å². The van der Waals surface area contributed by atoms with Gasteiger partial charge < -0.3 is 24.2 Å². The van der Waals surface area contributed by atoms with Gasteiger partial charge >= 0.3 is 12.2 Å². The van der Waals surface area contributed by atoms with E-state index in [1.54, 1.807) is 37.5 Å². The number of piperidine rings is 1. The highest BCUT2D eigenvalue weighted by atomic mass is 19.2. The molecule has 0 radical (unpaired) electrons. The molecule has 0 spiro atoms. The first-order valence-electron chi connectivity index (χ1n) is 14.1. The first-order chi connectivity index (χ1) is 19.7. The molecule has 42 heavy (non-hydrogen) atoms. The zero-order valence-corrected chi connectivity index (χ0v) is 24.9. The zero-order chi connectivity index (χ0) is 31.2. The van der Waals surface area contributed by atoms with Gasteiger partial charge in [-0.15, -0.1) is 0 Å². The smallest absolute Gasteiger partial charge is 0.415 e. The number of allylic oxidation sites excluding steroid dienone is 4. The number of benzene rings is 1. The van der Waals surface area contributed by atoms with E-state index < -0.39 is 47.2 Å². The van der Waals surface area contributed by atoms with Gasteiger partial charge in [-0.1, -0.05) is 6.58 Å². The van der Waals surface area contributed by atoms with E-state index in [9.17, 15) is 27.6 Å². The maximum atomic E-state index is 14.4. The van der Waals surface area contributed by atoms with Crippen molar-refractivity contribution in [2.75, 3.05) is 32.7 Å². The van der Waals surface area contributed by atoms with Crippen LogP contribution in [0.5, 0.6) is 5.75 Å². The molecule has 3 amide bonds. The summed E-state index contributed by atoms with van der Waals surface area (Å²) in [5, 5.41) is 0. The van der Waals surface area contributed by atoms with Crippen LogP contribution in [0.25, 0.3) is 0 Å². The molecule has 3 rings (SSSR count). The largest absolute Gasteiger partial charge is 0.444 e. The van der Waals surface area contributed by atoms with Crippen LogP contribution in [0.1, 0.15) is 47.5 Å². The Balaban J connectivity index is 1.78. The molecular weight excluding hydrogens is 551 g/mol. The molecule has 2 unspecified atom stereocenters. The molecule has 2 aliphatic rings. The molecule has 2 heterocycles. The van der Waals surface area contributed by atoms with Crippen LogP contribution in [0, 0.1) is 17.7 Å². The number of amides is 3. The Morgan fingerprint density at radius 3 is 2.21 bits per heavy atom. The molecule has 2 atom stereocenters. The number of carbonyl (C=O) groups is 3. The van der Waals surface area contributed by atoms with E-state index in [1.807, 2.05) is 0 Å². The molecule has 2 fully saturated rings. The summed E-state index contributed by atoms with van der Waals surface area (Å²) in [6.45, 7) is 13.6. The van der Waals surface area contributed by atoms with Gasteiger partial charge in [0, 0.05) is 44.6 Å². The lowest BCUT2D eigenvalue weighted by atomic mass is 9.93. The molecule has 8 nitrogen and oxygen atoms in total. The highest BCUT2D eigenvalue weighted by molar-refractivity contribution is 5.80. The van der Waals surface area contributed by atoms with Crippen molar-refractivity contribution in [3.05, 3.63) is 66.0 Å². The Labute approximate surface area is 245 Å². The van der Waals surface area contributed by atoms with Gasteiger partial charge in [-0.05, 0) is 89.5 Å². The van der Waals surface area contributed by atoms with Gasteiger partial charge in [0.1, 0.15) is 17.2 Å². The summed E-state index contributed by atoms with van der Waals surface area (Å²) < 4.78 is 52.6. The van der Waals surface area contributed by atoms with Crippen LogP contribution >= 0.6 is 0 Å². The zero-order valence-electron chi connectivity index (χ0n) is 24.9. The van der Waals surface area contributed by atoms with E-state index in [1.165, 1.54) is 24.0 Å². The highest BCUT2D eigenvalue weighted by Gasteiger charge is 2.43. The molecule has 0 N–H and O–H groups in total. The fourth-order valence-corrected chi connectivity index (χ4v) is 5.18. The Bertz CT molecular complexity index is 1220. The van der Waals surface area contributed by atoms with Crippen molar-refractivity contribution in [3.63, 3.8) is 0 Å². The number of ether oxygens (including phenoxy) is 2. The summed E-state index contributed by atoms with van der Waals surface area (Å²) in [7, 11) is 0. The number of carbonyl (C=O) groups excluding carboxylic acids is 3. The van der Waals surface area contributed by atoms with Crippen molar-refractivity contribution in [1.82, 2.24) is 14.7 Å². The molecule has 0 aliphatic carbocycles. The van der Waals surface area contributed by atoms with Crippen LogP contribution < -0.4 is 4.74 Å². The van der Waals surface area contributed by atoms with Crippen LogP contribution in [-0.2, 0) is 9.53 Å². The van der Waals surface area contributed by atoms with Crippen molar-refractivity contribution in [2.45, 2.75) is 59.1 Å². The van der Waals surface area contributed by atoms with E-state index in [2.05, 4.69) is 6.58 Å². The van der Waals surface area contributed by atoms with Crippen LogP contribution in [0.2, 0.25) is 0 Å². The normalized spacial score (nSPS) is 20.4. The standard InChI is InChI=1S/C31H40F3N3O5/c1-7-25(33)26(34)17-20(3)24-18-36(28(38)21-13-15-35(16-14-21)29(39)42-31(4,5)6)19-27(24)37(8-2)30(40)41-23-11-9-22(32)10-12-23/h7,9-12,17,21,24,27H,3,8,13-16,18-19H2,1-2,4-6H3. The van der Waals surface area contributed by atoms with Gasteiger partial charge in [0.2, 0.25) is 5.91 Å². The van der Waals surface area contributed by atoms with Gasteiger partial charge in [-0.25, -0.2) is 22.8 Å². The maximum Gasteiger partial charge on any atom is 0.415 e. The first-order valence-corrected chi connectivity index (χ1v) is 14.1. The van der Waals surface area contributed by atoms with Crippen LogP contribution in [-0.4, -0.2) is 77.2 Å². The third-order valence-corrected chi connectivity index (χ3v) is 7.36. The van der Waals surface area contributed by atoms with Gasteiger partial charge in [-0.3, -0.25) is 4.79 Å². The minimum atomic E-state index is -1.10. The molecule has 0 aromatic heterocycles. The molecular formula is C31H40F3N3O5. The second-order valence-corrected chi connectivity index (χ2v) is 11.5. The Hall–Kier alpha value is -3.76.